The molecule has 2 aromatic heterocycles. The molecule has 0 fully saturated rings. The van der Waals surface area contributed by atoms with Gasteiger partial charge >= 0.3 is 0 Å². The van der Waals surface area contributed by atoms with Crippen molar-refractivity contribution in [1.29, 1.82) is 0 Å². The Morgan fingerprint density at radius 3 is 2.11 bits per heavy atom. The molecule has 0 bridgehead atoms. The van der Waals surface area contributed by atoms with E-state index in [0.717, 1.165) is 15.9 Å². The van der Waals surface area contributed by atoms with Gasteiger partial charge in [0.1, 0.15) is 5.69 Å². The minimum atomic E-state index is -0.715. The molecule has 5 rings (SSSR count). The summed E-state index contributed by atoms with van der Waals surface area (Å²) in [5.41, 5.74) is 6.53. The van der Waals surface area contributed by atoms with Gasteiger partial charge in [-0.3, -0.25) is 25.2 Å². The molecular weight excluding hydrogens is 472 g/mol. The van der Waals surface area contributed by atoms with Gasteiger partial charge in [-0.2, -0.15) is 10.2 Å². The second-order valence-corrected chi connectivity index (χ2v) is 8.09. The SMILES string of the molecule is O=C(NNC(=O)c1nn(CCO)c(=O)c2ccccc12)c1cn(-c2ccccc2)nc1-c1ccccc1. The first kappa shape index (κ1) is 23.6. The average molecular weight is 495 g/mol. The second kappa shape index (κ2) is 10.3. The number of amides is 2. The van der Waals surface area contributed by atoms with Crippen LogP contribution >= 0.6 is 0 Å². The number of para-hydroxylation sites is 1. The van der Waals surface area contributed by atoms with Crippen LogP contribution in [0.25, 0.3) is 27.7 Å². The molecule has 184 valence electrons. The highest BCUT2D eigenvalue weighted by Gasteiger charge is 2.21. The van der Waals surface area contributed by atoms with Crippen LogP contribution in [0, 0.1) is 0 Å². The highest BCUT2D eigenvalue weighted by Crippen LogP contribution is 2.23. The van der Waals surface area contributed by atoms with E-state index in [1.165, 1.54) is 0 Å². The van der Waals surface area contributed by atoms with Gasteiger partial charge in [-0.05, 0) is 18.2 Å². The molecule has 10 nitrogen and oxygen atoms in total. The first-order chi connectivity index (χ1) is 18.1. The molecule has 0 saturated carbocycles. The largest absolute Gasteiger partial charge is 0.394 e. The third-order valence-electron chi connectivity index (χ3n) is 5.71. The summed E-state index contributed by atoms with van der Waals surface area (Å²) in [5.74, 6) is -1.30. The van der Waals surface area contributed by atoms with Crippen molar-refractivity contribution in [3.63, 3.8) is 0 Å². The van der Waals surface area contributed by atoms with E-state index < -0.39 is 17.4 Å². The number of nitrogens with one attached hydrogen (secondary N) is 2. The first-order valence-corrected chi connectivity index (χ1v) is 11.5. The minimum Gasteiger partial charge on any atom is -0.394 e. The normalized spacial score (nSPS) is 10.8. The lowest BCUT2D eigenvalue weighted by atomic mass is 10.1. The Kier molecular flexibility index (Phi) is 6.56. The van der Waals surface area contributed by atoms with Crippen LogP contribution < -0.4 is 16.4 Å². The summed E-state index contributed by atoms with van der Waals surface area (Å²) in [4.78, 5) is 38.9. The van der Waals surface area contributed by atoms with Gasteiger partial charge in [0.15, 0.2) is 5.69 Å². The van der Waals surface area contributed by atoms with Crippen LogP contribution in [0.3, 0.4) is 0 Å². The van der Waals surface area contributed by atoms with Crippen molar-refractivity contribution in [1.82, 2.24) is 30.4 Å². The molecule has 0 aliphatic rings. The van der Waals surface area contributed by atoms with Gasteiger partial charge in [0, 0.05) is 17.1 Å². The predicted molar refractivity (Wildman–Crippen MR) is 137 cm³/mol. The molecule has 0 saturated heterocycles. The van der Waals surface area contributed by atoms with Gasteiger partial charge in [0.25, 0.3) is 17.4 Å². The van der Waals surface area contributed by atoms with Gasteiger partial charge in [0.2, 0.25) is 0 Å². The van der Waals surface area contributed by atoms with E-state index in [4.69, 9.17) is 0 Å². The Balaban J connectivity index is 1.45. The summed E-state index contributed by atoms with van der Waals surface area (Å²) in [7, 11) is 0. The second-order valence-electron chi connectivity index (χ2n) is 8.09. The summed E-state index contributed by atoms with van der Waals surface area (Å²) in [6.07, 6.45) is 1.59. The van der Waals surface area contributed by atoms with Crippen molar-refractivity contribution < 1.29 is 14.7 Å². The molecule has 0 aliphatic carbocycles. The lowest BCUT2D eigenvalue weighted by molar-refractivity contribution is 0.0843. The van der Waals surface area contributed by atoms with E-state index in [1.807, 2.05) is 60.7 Å². The van der Waals surface area contributed by atoms with E-state index in [-0.39, 0.29) is 29.8 Å². The van der Waals surface area contributed by atoms with Crippen LogP contribution in [0.5, 0.6) is 0 Å². The van der Waals surface area contributed by atoms with Gasteiger partial charge in [-0.15, -0.1) is 0 Å². The number of fused-ring (bicyclic) bond motifs is 1. The summed E-state index contributed by atoms with van der Waals surface area (Å²) < 4.78 is 2.62. The Morgan fingerprint density at radius 2 is 1.41 bits per heavy atom. The van der Waals surface area contributed by atoms with Crippen molar-refractivity contribution in [3.8, 4) is 16.9 Å². The van der Waals surface area contributed by atoms with E-state index in [1.54, 1.807) is 35.1 Å². The number of hydrogen-bond donors (Lipinski definition) is 3. The van der Waals surface area contributed by atoms with E-state index in [0.29, 0.717) is 11.1 Å². The van der Waals surface area contributed by atoms with Crippen LogP contribution in [0.4, 0.5) is 0 Å². The van der Waals surface area contributed by atoms with Gasteiger partial charge < -0.3 is 5.11 Å². The molecule has 2 heterocycles. The zero-order valence-electron chi connectivity index (χ0n) is 19.5. The summed E-state index contributed by atoms with van der Waals surface area (Å²) in [6, 6.07) is 25.1. The Hall–Kier alpha value is -5.09. The fourth-order valence-electron chi connectivity index (χ4n) is 3.95. The fourth-order valence-corrected chi connectivity index (χ4v) is 3.95. The highest BCUT2D eigenvalue weighted by molar-refractivity contribution is 6.06. The number of carbonyl (C=O) groups excluding carboxylic acids is 2. The molecule has 0 atom stereocenters. The standard InChI is InChI=1S/C27H22N6O4/c34-16-15-32-27(37)21-14-8-7-13-20(21)24(31-32)26(36)29-28-25(35)22-17-33(19-11-5-2-6-12-19)30-23(22)18-9-3-1-4-10-18/h1-14,17,34H,15-16H2,(H,28,35)(H,29,36). The molecule has 3 N–H and O–H groups in total. The molecule has 0 spiro atoms. The first-order valence-electron chi connectivity index (χ1n) is 11.5. The van der Waals surface area contributed by atoms with Crippen LogP contribution in [0.1, 0.15) is 20.8 Å². The molecule has 2 amide bonds. The monoisotopic (exact) mass is 494 g/mol. The fraction of sp³-hybridized carbons (Fsp3) is 0.0741. The number of hydrazine groups is 1. The molecule has 0 unspecified atom stereocenters. The summed E-state index contributed by atoms with van der Waals surface area (Å²) >= 11 is 0. The Morgan fingerprint density at radius 1 is 0.784 bits per heavy atom. The van der Waals surface area contributed by atoms with Gasteiger partial charge in [0.05, 0.1) is 29.8 Å². The lowest BCUT2D eigenvalue weighted by Crippen LogP contribution is -2.43. The molecule has 5 aromatic rings. The van der Waals surface area contributed by atoms with Crippen molar-refractivity contribution in [3.05, 3.63) is 113 Å². The molecule has 10 heteroatoms. The van der Waals surface area contributed by atoms with Gasteiger partial charge in [-0.25, -0.2) is 9.36 Å². The van der Waals surface area contributed by atoms with Crippen molar-refractivity contribution in [2.45, 2.75) is 6.54 Å². The number of aromatic nitrogens is 4. The van der Waals surface area contributed by atoms with Crippen LogP contribution in [-0.4, -0.2) is 43.1 Å². The third kappa shape index (κ3) is 4.73. The minimum absolute atomic E-state index is 0.0628. The van der Waals surface area contributed by atoms with Crippen molar-refractivity contribution >= 4 is 22.6 Å². The summed E-state index contributed by atoms with van der Waals surface area (Å²) in [5, 5.41) is 18.6. The smallest absolute Gasteiger partial charge is 0.290 e. The average Bonchev–Trinajstić information content (AvgIpc) is 3.40. The lowest BCUT2D eigenvalue weighted by Gasteiger charge is -2.11. The number of carbonyl (C=O) groups is 2. The maximum absolute atomic E-state index is 13.2. The Labute approximate surface area is 210 Å². The topological polar surface area (TPSA) is 131 Å². The summed E-state index contributed by atoms with van der Waals surface area (Å²) in [6.45, 7) is -0.397. The number of aliphatic hydroxyl groups excluding tert-OH is 1. The molecule has 3 aromatic carbocycles. The molecule has 37 heavy (non-hydrogen) atoms. The molecule has 0 aliphatic heterocycles. The van der Waals surface area contributed by atoms with Gasteiger partial charge in [-0.1, -0.05) is 66.7 Å². The number of benzene rings is 3. The van der Waals surface area contributed by atoms with Crippen LogP contribution in [0.15, 0.2) is 95.9 Å². The number of rotatable bonds is 6. The third-order valence-corrected chi connectivity index (χ3v) is 5.71. The quantitative estimate of drug-likeness (QED) is 0.311. The number of hydrogen-bond acceptors (Lipinski definition) is 6. The number of nitrogens with zero attached hydrogens (tertiary/aromatic N) is 4. The van der Waals surface area contributed by atoms with E-state index >= 15 is 0 Å². The van der Waals surface area contributed by atoms with Crippen molar-refractivity contribution in [2.75, 3.05) is 6.61 Å². The van der Waals surface area contributed by atoms with Crippen LogP contribution in [-0.2, 0) is 6.54 Å². The van der Waals surface area contributed by atoms with E-state index in [9.17, 15) is 19.5 Å². The zero-order chi connectivity index (χ0) is 25.8. The van der Waals surface area contributed by atoms with E-state index in [2.05, 4.69) is 21.0 Å². The maximum atomic E-state index is 13.2. The molecular formula is C27H22N6O4. The number of aliphatic hydroxyl groups is 1. The van der Waals surface area contributed by atoms with Crippen molar-refractivity contribution in [2.24, 2.45) is 0 Å². The predicted octanol–water partition coefficient (Wildman–Crippen LogP) is 2.32. The molecule has 0 radical (unpaired) electrons. The maximum Gasteiger partial charge on any atom is 0.290 e. The zero-order valence-corrected chi connectivity index (χ0v) is 19.5. The van der Waals surface area contributed by atoms with Crippen LogP contribution in [0.2, 0.25) is 0 Å². The highest BCUT2D eigenvalue weighted by atomic mass is 16.3. The Bertz CT molecular complexity index is 1640.